The van der Waals surface area contributed by atoms with Crippen LogP contribution in [0.2, 0.25) is 0 Å². The fourth-order valence-corrected chi connectivity index (χ4v) is 5.83. The van der Waals surface area contributed by atoms with Gasteiger partial charge in [-0.3, -0.25) is 4.79 Å². The van der Waals surface area contributed by atoms with Crippen LogP contribution in [0.3, 0.4) is 0 Å². The minimum Gasteiger partial charge on any atom is -0.506 e. The van der Waals surface area contributed by atoms with E-state index in [0.29, 0.717) is 29.3 Å². The number of piperidine rings is 1. The van der Waals surface area contributed by atoms with E-state index in [-0.39, 0.29) is 18.2 Å². The summed E-state index contributed by atoms with van der Waals surface area (Å²) in [6, 6.07) is 9.88. The zero-order valence-corrected chi connectivity index (χ0v) is 15.4. The Morgan fingerprint density at radius 1 is 1.28 bits per heavy atom. The summed E-state index contributed by atoms with van der Waals surface area (Å²) in [5.41, 5.74) is 0.335. The Hall–Kier alpha value is -1.90. The first-order valence-electron chi connectivity index (χ1n) is 8.03. The van der Waals surface area contributed by atoms with Crippen molar-refractivity contribution in [2.45, 2.75) is 24.0 Å². The number of anilines is 1. The lowest BCUT2D eigenvalue weighted by atomic mass is 9.98. The Morgan fingerprint density at radius 2 is 2.04 bits per heavy atom. The highest BCUT2D eigenvalue weighted by atomic mass is 32.2. The van der Waals surface area contributed by atoms with Crippen LogP contribution in [0.5, 0.6) is 5.75 Å². The molecule has 0 radical (unpaired) electrons. The molecule has 1 aromatic carbocycles. The molecule has 1 saturated heterocycles. The predicted octanol–water partition coefficient (Wildman–Crippen LogP) is 2.80. The van der Waals surface area contributed by atoms with Gasteiger partial charge < -0.3 is 10.4 Å². The number of benzene rings is 1. The van der Waals surface area contributed by atoms with Crippen molar-refractivity contribution >= 4 is 33.0 Å². The highest BCUT2D eigenvalue weighted by molar-refractivity contribution is 7.91. The minimum absolute atomic E-state index is 0.00908. The predicted molar refractivity (Wildman–Crippen MR) is 97.3 cm³/mol. The van der Waals surface area contributed by atoms with Gasteiger partial charge in [-0.25, -0.2) is 8.42 Å². The molecular formula is C17H20N2O4S2. The van der Waals surface area contributed by atoms with Crippen molar-refractivity contribution in [1.82, 2.24) is 4.31 Å². The number of hydrogen-bond donors (Lipinski definition) is 2. The molecule has 3 rings (SSSR count). The first kappa shape index (κ1) is 17.9. The Balaban J connectivity index is 1.73. The number of carbonyl (C=O) groups is 1. The zero-order chi connectivity index (χ0) is 18.0. The van der Waals surface area contributed by atoms with Gasteiger partial charge in [0.05, 0.1) is 11.6 Å². The molecule has 8 heteroatoms. The van der Waals surface area contributed by atoms with Gasteiger partial charge in [0.25, 0.3) is 10.0 Å². The average molecular weight is 380 g/mol. The van der Waals surface area contributed by atoms with E-state index in [1.807, 2.05) is 6.92 Å². The van der Waals surface area contributed by atoms with Crippen molar-refractivity contribution in [1.29, 1.82) is 0 Å². The van der Waals surface area contributed by atoms with Crippen molar-refractivity contribution in [3.8, 4) is 5.75 Å². The van der Waals surface area contributed by atoms with Gasteiger partial charge in [-0.1, -0.05) is 12.1 Å². The van der Waals surface area contributed by atoms with Crippen LogP contribution in [-0.2, 0) is 14.8 Å². The van der Waals surface area contributed by atoms with E-state index in [0.717, 1.165) is 4.88 Å². The zero-order valence-electron chi connectivity index (χ0n) is 13.8. The highest BCUT2D eigenvalue weighted by Gasteiger charge is 2.34. The summed E-state index contributed by atoms with van der Waals surface area (Å²) in [5.74, 6) is -0.724. The van der Waals surface area contributed by atoms with Gasteiger partial charge in [0.15, 0.2) is 0 Å². The summed E-state index contributed by atoms with van der Waals surface area (Å²) < 4.78 is 27.2. The number of sulfonamides is 1. The molecule has 134 valence electrons. The van der Waals surface area contributed by atoms with E-state index in [1.54, 1.807) is 30.3 Å². The van der Waals surface area contributed by atoms with E-state index in [4.69, 9.17) is 0 Å². The molecule has 0 saturated carbocycles. The monoisotopic (exact) mass is 380 g/mol. The maximum Gasteiger partial charge on any atom is 0.252 e. The van der Waals surface area contributed by atoms with Gasteiger partial charge in [0, 0.05) is 18.0 Å². The molecule has 0 unspecified atom stereocenters. The van der Waals surface area contributed by atoms with Crippen molar-refractivity contribution < 1.29 is 18.3 Å². The molecule has 0 bridgehead atoms. The summed E-state index contributed by atoms with van der Waals surface area (Å²) in [6.45, 7) is 2.43. The number of phenolic OH excluding ortho intramolecular Hbond substituents is 1. The van der Waals surface area contributed by atoms with Crippen LogP contribution in [0.15, 0.2) is 40.6 Å². The van der Waals surface area contributed by atoms with Gasteiger partial charge in [0.2, 0.25) is 5.91 Å². The van der Waals surface area contributed by atoms with Gasteiger partial charge in [-0.05, 0) is 44.0 Å². The van der Waals surface area contributed by atoms with Crippen LogP contribution >= 0.6 is 11.3 Å². The van der Waals surface area contributed by atoms with Crippen LogP contribution in [0.25, 0.3) is 0 Å². The largest absolute Gasteiger partial charge is 0.506 e. The second-order valence-corrected chi connectivity index (χ2v) is 9.53. The first-order chi connectivity index (χ1) is 11.9. The average Bonchev–Trinajstić information content (AvgIpc) is 3.04. The van der Waals surface area contributed by atoms with Crippen LogP contribution in [0.1, 0.15) is 17.7 Å². The van der Waals surface area contributed by atoms with Crippen molar-refractivity contribution in [2.75, 3.05) is 18.4 Å². The molecule has 0 spiro atoms. The molecule has 1 aliphatic heterocycles. The maximum absolute atomic E-state index is 12.7. The number of hydrogen-bond acceptors (Lipinski definition) is 5. The summed E-state index contributed by atoms with van der Waals surface area (Å²) in [4.78, 5) is 13.4. The number of aromatic hydroxyl groups is 1. The standard InChI is InChI=1S/C17H20N2O4S2/c1-12-8-9-16(24-12)25(22,23)19-10-4-5-13(11-19)17(21)18-14-6-2-3-7-15(14)20/h2-3,6-9,13,20H,4-5,10-11H2,1H3,(H,18,21)/t13-/m0/s1. The molecule has 2 aromatic rings. The minimum atomic E-state index is -3.57. The molecule has 1 aliphatic rings. The molecule has 25 heavy (non-hydrogen) atoms. The van der Waals surface area contributed by atoms with Crippen LogP contribution in [0, 0.1) is 12.8 Å². The smallest absolute Gasteiger partial charge is 0.252 e. The molecular weight excluding hydrogens is 360 g/mol. The fraction of sp³-hybridized carbons (Fsp3) is 0.353. The number of amides is 1. The van der Waals surface area contributed by atoms with Crippen molar-refractivity contribution in [2.24, 2.45) is 5.92 Å². The van der Waals surface area contributed by atoms with Crippen molar-refractivity contribution in [3.05, 3.63) is 41.3 Å². The maximum atomic E-state index is 12.7. The van der Waals surface area contributed by atoms with E-state index in [2.05, 4.69) is 5.32 Å². The molecule has 1 aromatic heterocycles. The summed E-state index contributed by atoms with van der Waals surface area (Å²) >= 11 is 1.24. The number of aryl methyl sites for hydroxylation is 1. The van der Waals surface area contributed by atoms with Crippen LogP contribution in [0.4, 0.5) is 5.69 Å². The molecule has 2 N–H and O–H groups in total. The topological polar surface area (TPSA) is 86.7 Å². The van der Waals surface area contributed by atoms with E-state index >= 15 is 0 Å². The second-order valence-electron chi connectivity index (χ2n) is 6.07. The van der Waals surface area contributed by atoms with Crippen LogP contribution in [-0.4, -0.2) is 36.8 Å². The Labute approximate surface area is 151 Å². The van der Waals surface area contributed by atoms with Gasteiger partial charge >= 0.3 is 0 Å². The van der Waals surface area contributed by atoms with E-state index in [1.165, 1.54) is 21.7 Å². The third-order valence-corrected chi connectivity index (χ3v) is 7.56. The number of phenols is 1. The number of para-hydroxylation sites is 2. The lowest BCUT2D eigenvalue weighted by Crippen LogP contribution is -2.43. The van der Waals surface area contributed by atoms with Gasteiger partial charge in [0.1, 0.15) is 9.96 Å². The third kappa shape index (κ3) is 3.86. The Kier molecular flexibility index (Phi) is 5.12. The molecule has 2 heterocycles. The normalized spacial score (nSPS) is 18.8. The SMILES string of the molecule is Cc1ccc(S(=O)(=O)N2CCC[C@H](C(=O)Nc3ccccc3O)C2)s1. The molecule has 1 amide bonds. The highest BCUT2D eigenvalue weighted by Crippen LogP contribution is 2.29. The van der Waals surface area contributed by atoms with E-state index in [9.17, 15) is 18.3 Å². The quantitative estimate of drug-likeness (QED) is 0.799. The number of nitrogens with one attached hydrogen (secondary N) is 1. The first-order valence-corrected chi connectivity index (χ1v) is 10.3. The van der Waals surface area contributed by atoms with Gasteiger partial charge in [-0.15, -0.1) is 11.3 Å². The molecule has 1 atom stereocenters. The number of nitrogens with zero attached hydrogens (tertiary/aromatic N) is 1. The summed E-state index contributed by atoms with van der Waals surface area (Å²) in [5, 5.41) is 12.5. The number of carbonyl (C=O) groups excluding carboxylic acids is 1. The molecule has 1 fully saturated rings. The lowest BCUT2D eigenvalue weighted by molar-refractivity contribution is -0.120. The molecule has 0 aliphatic carbocycles. The fourth-order valence-electron chi connectivity index (χ4n) is 2.87. The Bertz CT molecular complexity index is 876. The van der Waals surface area contributed by atoms with Crippen LogP contribution < -0.4 is 5.32 Å². The summed E-state index contributed by atoms with van der Waals surface area (Å²) in [7, 11) is -3.57. The summed E-state index contributed by atoms with van der Waals surface area (Å²) in [6.07, 6.45) is 1.25. The number of thiophene rings is 1. The van der Waals surface area contributed by atoms with Crippen molar-refractivity contribution in [3.63, 3.8) is 0 Å². The lowest BCUT2D eigenvalue weighted by Gasteiger charge is -2.30. The third-order valence-electron chi connectivity index (χ3n) is 4.23. The number of rotatable bonds is 4. The molecule has 6 nitrogen and oxygen atoms in total. The van der Waals surface area contributed by atoms with E-state index < -0.39 is 15.9 Å². The second kappa shape index (κ2) is 7.15. The van der Waals surface area contributed by atoms with Gasteiger partial charge in [-0.2, -0.15) is 4.31 Å². The Morgan fingerprint density at radius 3 is 2.72 bits per heavy atom.